The van der Waals surface area contributed by atoms with Crippen LogP contribution in [0.1, 0.15) is 12.0 Å². The van der Waals surface area contributed by atoms with Crippen molar-refractivity contribution in [2.24, 2.45) is 0 Å². The lowest BCUT2D eigenvalue weighted by Crippen LogP contribution is -2.24. The van der Waals surface area contributed by atoms with Crippen molar-refractivity contribution in [3.8, 4) is 0 Å². The van der Waals surface area contributed by atoms with Gasteiger partial charge in [0.1, 0.15) is 0 Å². The van der Waals surface area contributed by atoms with Crippen LogP contribution in [-0.4, -0.2) is 17.7 Å². The second kappa shape index (κ2) is 5.43. The number of rotatable bonds is 4. The maximum absolute atomic E-state index is 11.8. The molecule has 0 heterocycles. The summed E-state index contributed by atoms with van der Waals surface area (Å²) in [5.41, 5.74) is 0.681. The van der Waals surface area contributed by atoms with Gasteiger partial charge in [0.25, 0.3) is 0 Å². The molecule has 0 aliphatic heterocycles. The fourth-order valence-electron chi connectivity index (χ4n) is 1.07. The molecule has 0 aliphatic carbocycles. The second-order valence-corrected chi connectivity index (χ2v) is 3.31. The molecule has 0 spiro atoms. The zero-order valence-electron chi connectivity index (χ0n) is 8.70. The Bertz CT molecular complexity index is 433. The highest BCUT2D eigenvalue weighted by atomic mass is 19.4. The molecule has 0 amide bonds. The van der Waals surface area contributed by atoms with Gasteiger partial charge in [-0.05, 0) is 11.6 Å². The Morgan fingerprint density at radius 3 is 2.24 bits per heavy atom. The van der Waals surface area contributed by atoms with Gasteiger partial charge in [-0.25, -0.2) is 0 Å². The van der Waals surface area contributed by atoms with Crippen molar-refractivity contribution in [3.63, 3.8) is 0 Å². The van der Waals surface area contributed by atoms with E-state index in [1.165, 1.54) is 6.08 Å². The molecule has 0 bridgehead atoms. The number of benzene rings is 1. The summed E-state index contributed by atoms with van der Waals surface area (Å²) in [4.78, 5) is 21.6. The molecule has 0 saturated carbocycles. The van der Waals surface area contributed by atoms with Gasteiger partial charge in [-0.15, -0.1) is 0 Å². The number of carbonyl (C=O) groups is 2. The van der Waals surface area contributed by atoms with Crippen LogP contribution in [0.4, 0.5) is 13.2 Å². The van der Waals surface area contributed by atoms with Gasteiger partial charge >= 0.3 is 6.18 Å². The molecule has 5 heteroatoms. The van der Waals surface area contributed by atoms with Crippen LogP contribution in [0.3, 0.4) is 0 Å². The van der Waals surface area contributed by atoms with E-state index in [2.05, 4.69) is 0 Å². The van der Waals surface area contributed by atoms with E-state index in [-0.39, 0.29) is 0 Å². The van der Waals surface area contributed by atoms with E-state index in [1.807, 2.05) is 0 Å². The van der Waals surface area contributed by atoms with Gasteiger partial charge in [-0.2, -0.15) is 13.2 Å². The Kier molecular flexibility index (Phi) is 4.20. The SMILES string of the molecule is O=C(/C=C/c1ccccc1)CC(=O)C(F)(F)F. The monoisotopic (exact) mass is 242 g/mol. The van der Waals surface area contributed by atoms with Gasteiger partial charge in [-0.3, -0.25) is 9.59 Å². The van der Waals surface area contributed by atoms with Gasteiger partial charge < -0.3 is 0 Å². The molecule has 1 aromatic carbocycles. The van der Waals surface area contributed by atoms with Crippen molar-refractivity contribution in [3.05, 3.63) is 42.0 Å². The molecule has 2 nitrogen and oxygen atoms in total. The largest absolute Gasteiger partial charge is 0.450 e. The maximum Gasteiger partial charge on any atom is 0.450 e. The zero-order valence-corrected chi connectivity index (χ0v) is 8.70. The number of carbonyl (C=O) groups excluding carboxylic acids is 2. The number of alkyl halides is 3. The lowest BCUT2D eigenvalue weighted by Gasteiger charge is -2.01. The highest BCUT2D eigenvalue weighted by Gasteiger charge is 2.38. The van der Waals surface area contributed by atoms with Crippen LogP contribution >= 0.6 is 0 Å². The summed E-state index contributed by atoms with van der Waals surface area (Å²) in [6, 6.07) is 8.60. The molecule has 0 N–H and O–H groups in total. The minimum Gasteiger partial charge on any atom is -0.294 e. The third kappa shape index (κ3) is 4.63. The predicted octanol–water partition coefficient (Wildman–Crippen LogP) is 2.79. The zero-order chi connectivity index (χ0) is 12.9. The van der Waals surface area contributed by atoms with Crippen LogP contribution in [-0.2, 0) is 9.59 Å². The number of Topliss-reactive ketones (excluding diaryl/α,β-unsaturated/α-hetero) is 1. The van der Waals surface area contributed by atoms with E-state index >= 15 is 0 Å². The van der Waals surface area contributed by atoms with E-state index in [1.54, 1.807) is 30.3 Å². The van der Waals surface area contributed by atoms with Gasteiger partial charge in [0.15, 0.2) is 5.78 Å². The van der Waals surface area contributed by atoms with Crippen molar-refractivity contribution in [2.75, 3.05) is 0 Å². The Morgan fingerprint density at radius 2 is 1.71 bits per heavy atom. The van der Waals surface area contributed by atoms with E-state index in [4.69, 9.17) is 0 Å². The molecule has 0 aromatic heterocycles. The predicted molar refractivity (Wildman–Crippen MR) is 56.2 cm³/mol. The molecule has 0 aliphatic rings. The Balaban J connectivity index is 2.57. The van der Waals surface area contributed by atoms with Crippen LogP contribution in [0, 0.1) is 0 Å². The Labute approximate surface area is 95.8 Å². The minimum absolute atomic E-state index is 0.681. The fraction of sp³-hybridized carbons (Fsp3) is 0.167. The summed E-state index contributed by atoms with van der Waals surface area (Å²) in [5.74, 6) is -2.89. The first-order valence-electron chi connectivity index (χ1n) is 4.75. The van der Waals surface area contributed by atoms with Crippen molar-refractivity contribution in [2.45, 2.75) is 12.6 Å². The third-order valence-corrected chi connectivity index (χ3v) is 1.91. The lowest BCUT2D eigenvalue weighted by molar-refractivity contribution is -0.171. The smallest absolute Gasteiger partial charge is 0.294 e. The molecule has 0 radical (unpaired) electrons. The summed E-state index contributed by atoms with van der Waals surface area (Å²) < 4.78 is 35.5. The Morgan fingerprint density at radius 1 is 1.12 bits per heavy atom. The number of allylic oxidation sites excluding steroid dienone is 1. The van der Waals surface area contributed by atoms with E-state index in [0.717, 1.165) is 6.08 Å². The van der Waals surface area contributed by atoms with Crippen LogP contribution in [0.5, 0.6) is 0 Å². The summed E-state index contributed by atoms with van der Waals surface area (Å²) in [6.07, 6.45) is -3.76. The molecular weight excluding hydrogens is 233 g/mol. The average Bonchev–Trinajstić information content (AvgIpc) is 2.26. The number of ketones is 2. The highest BCUT2D eigenvalue weighted by Crippen LogP contribution is 2.18. The van der Waals surface area contributed by atoms with Gasteiger partial charge in [0.2, 0.25) is 5.78 Å². The van der Waals surface area contributed by atoms with E-state index < -0.39 is 24.2 Å². The van der Waals surface area contributed by atoms with Gasteiger partial charge in [-0.1, -0.05) is 36.4 Å². The van der Waals surface area contributed by atoms with Crippen molar-refractivity contribution in [1.82, 2.24) is 0 Å². The van der Waals surface area contributed by atoms with Gasteiger partial charge in [0, 0.05) is 0 Å². The minimum atomic E-state index is -4.95. The van der Waals surface area contributed by atoms with Gasteiger partial charge in [0.05, 0.1) is 6.42 Å². The molecule has 0 atom stereocenters. The molecular formula is C12H9F3O2. The van der Waals surface area contributed by atoms with Crippen LogP contribution in [0.15, 0.2) is 36.4 Å². The molecule has 1 aromatic rings. The van der Waals surface area contributed by atoms with Crippen molar-refractivity contribution in [1.29, 1.82) is 0 Å². The summed E-state index contributed by atoms with van der Waals surface area (Å²) >= 11 is 0. The van der Waals surface area contributed by atoms with Crippen molar-refractivity contribution >= 4 is 17.6 Å². The van der Waals surface area contributed by atoms with Crippen LogP contribution in [0.2, 0.25) is 0 Å². The van der Waals surface area contributed by atoms with E-state index in [0.29, 0.717) is 5.56 Å². The molecule has 17 heavy (non-hydrogen) atoms. The number of halogens is 3. The molecule has 0 saturated heterocycles. The first-order chi connectivity index (χ1) is 7.89. The van der Waals surface area contributed by atoms with Crippen molar-refractivity contribution < 1.29 is 22.8 Å². The van der Waals surface area contributed by atoms with Crippen LogP contribution in [0.25, 0.3) is 6.08 Å². The fourth-order valence-corrected chi connectivity index (χ4v) is 1.07. The number of hydrogen-bond donors (Lipinski definition) is 0. The highest BCUT2D eigenvalue weighted by molar-refractivity contribution is 6.07. The summed E-state index contributed by atoms with van der Waals surface area (Å²) in [5, 5.41) is 0. The third-order valence-electron chi connectivity index (χ3n) is 1.91. The first kappa shape index (κ1) is 13.2. The standard InChI is InChI=1S/C12H9F3O2/c13-12(14,15)11(17)8-10(16)7-6-9-4-2-1-3-5-9/h1-7H,8H2/b7-6+. The maximum atomic E-state index is 11.8. The second-order valence-electron chi connectivity index (χ2n) is 3.31. The molecule has 1 rings (SSSR count). The Hall–Kier alpha value is -1.91. The quantitative estimate of drug-likeness (QED) is 0.601. The summed E-state index contributed by atoms with van der Waals surface area (Å²) in [6.45, 7) is 0. The number of hydrogen-bond acceptors (Lipinski definition) is 2. The van der Waals surface area contributed by atoms with Crippen LogP contribution < -0.4 is 0 Å². The first-order valence-corrected chi connectivity index (χ1v) is 4.75. The molecule has 0 unspecified atom stereocenters. The molecule has 0 fully saturated rings. The van der Waals surface area contributed by atoms with E-state index in [9.17, 15) is 22.8 Å². The molecule has 90 valence electrons. The summed E-state index contributed by atoms with van der Waals surface area (Å²) in [7, 11) is 0. The lowest BCUT2D eigenvalue weighted by atomic mass is 10.1. The normalized spacial score (nSPS) is 11.7. The topological polar surface area (TPSA) is 34.1 Å². The average molecular weight is 242 g/mol.